The molecular weight excluding hydrogens is 342 g/mol. The minimum absolute atomic E-state index is 0.0348. The van der Waals surface area contributed by atoms with Crippen molar-refractivity contribution in [3.63, 3.8) is 0 Å². The normalized spacial score (nSPS) is 22.4. The van der Waals surface area contributed by atoms with E-state index in [9.17, 15) is 14.4 Å². The molecule has 1 aromatic rings. The Morgan fingerprint density at radius 3 is 2.52 bits per heavy atom. The molecule has 0 aromatic heterocycles. The fourth-order valence-corrected chi connectivity index (χ4v) is 3.99. The molecule has 6 heteroatoms. The van der Waals surface area contributed by atoms with Crippen molar-refractivity contribution < 1.29 is 14.4 Å². The van der Waals surface area contributed by atoms with Crippen molar-refractivity contribution in [1.29, 1.82) is 0 Å². The zero-order chi connectivity index (χ0) is 19.4. The molecule has 0 spiro atoms. The number of carbonyl (C=O) groups excluding carboxylic acids is 3. The van der Waals surface area contributed by atoms with Crippen LogP contribution in [0.3, 0.4) is 0 Å². The summed E-state index contributed by atoms with van der Waals surface area (Å²) in [6.45, 7) is 3.67. The van der Waals surface area contributed by atoms with E-state index in [1.807, 2.05) is 18.2 Å². The van der Waals surface area contributed by atoms with E-state index in [1.165, 1.54) is 17.5 Å². The molecule has 1 saturated carbocycles. The molecule has 2 aliphatic rings. The lowest BCUT2D eigenvalue weighted by Crippen LogP contribution is -2.51. The van der Waals surface area contributed by atoms with E-state index in [0.29, 0.717) is 5.92 Å². The highest BCUT2D eigenvalue weighted by molar-refractivity contribution is 6.35. The fourth-order valence-electron chi connectivity index (χ4n) is 3.99. The summed E-state index contributed by atoms with van der Waals surface area (Å²) in [6.07, 6.45) is 7.46. The molecule has 2 aliphatic carbocycles. The third kappa shape index (κ3) is 4.87. The van der Waals surface area contributed by atoms with E-state index >= 15 is 0 Å². The summed E-state index contributed by atoms with van der Waals surface area (Å²) in [5.41, 5.74) is 3.33. The Morgan fingerprint density at radius 2 is 1.74 bits per heavy atom. The Kier molecular flexibility index (Phi) is 6.14. The van der Waals surface area contributed by atoms with Gasteiger partial charge in [-0.3, -0.25) is 14.4 Å². The quantitative estimate of drug-likeness (QED) is 0.710. The van der Waals surface area contributed by atoms with Gasteiger partial charge in [0.1, 0.15) is 6.04 Å². The van der Waals surface area contributed by atoms with Crippen molar-refractivity contribution in [3.05, 3.63) is 29.3 Å². The number of aryl methyl sites for hydroxylation is 2. The number of anilines is 1. The lowest BCUT2D eigenvalue weighted by Gasteiger charge is -2.29. The molecule has 27 heavy (non-hydrogen) atoms. The Morgan fingerprint density at radius 1 is 1.00 bits per heavy atom. The van der Waals surface area contributed by atoms with E-state index in [2.05, 4.69) is 22.9 Å². The number of hydrogen-bond acceptors (Lipinski definition) is 3. The minimum atomic E-state index is -0.791. The van der Waals surface area contributed by atoms with E-state index in [1.54, 1.807) is 6.92 Å². The highest BCUT2D eigenvalue weighted by Gasteiger charge is 2.27. The van der Waals surface area contributed by atoms with Crippen LogP contribution < -0.4 is 16.0 Å². The second-order valence-electron chi connectivity index (χ2n) is 7.86. The molecule has 1 aromatic carbocycles. The molecule has 0 heterocycles. The molecule has 0 aliphatic heterocycles. The summed E-state index contributed by atoms with van der Waals surface area (Å²) in [7, 11) is 0. The molecule has 3 amide bonds. The second kappa shape index (κ2) is 8.55. The maximum absolute atomic E-state index is 12.4. The summed E-state index contributed by atoms with van der Waals surface area (Å²) in [6, 6.07) is 5.16. The van der Waals surface area contributed by atoms with Crippen molar-refractivity contribution in [3.8, 4) is 0 Å². The number of rotatable bonds is 4. The Bertz CT molecular complexity index is 731. The zero-order valence-corrected chi connectivity index (χ0v) is 16.1. The van der Waals surface area contributed by atoms with Crippen LogP contribution in [0.1, 0.15) is 57.1 Å². The largest absolute Gasteiger partial charge is 0.345 e. The molecule has 1 fully saturated rings. The summed E-state index contributed by atoms with van der Waals surface area (Å²) in [5.74, 6) is -1.38. The van der Waals surface area contributed by atoms with Gasteiger partial charge in [-0.25, -0.2) is 0 Å². The maximum Gasteiger partial charge on any atom is 0.309 e. The molecule has 3 rings (SSSR count). The number of amides is 3. The third-order valence-electron chi connectivity index (χ3n) is 5.74. The topological polar surface area (TPSA) is 87.3 Å². The van der Waals surface area contributed by atoms with Gasteiger partial charge in [0.25, 0.3) is 0 Å². The Balaban J connectivity index is 1.49. The molecule has 146 valence electrons. The van der Waals surface area contributed by atoms with Crippen LogP contribution in [0.25, 0.3) is 0 Å². The predicted octanol–water partition coefficient (Wildman–Crippen LogP) is 2.31. The lowest BCUT2D eigenvalue weighted by molar-refractivity contribution is -0.141. The smallest absolute Gasteiger partial charge is 0.309 e. The molecule has 0 saturated heterocycles. The van der Waals surface area contributed by atoms with Gasteiger partial charge in [-0.05, 0) is 68.2 Å². The molecule has 6 nitrogen and oxygen atoms in total. The average molecular weight is 371 g/mol. The van der Waals surface area contributed by atoms with Crippen LogP contribution >= 0.6 is 0 Å². The first kappa shape index (κ1) is 19.4. The Labute approximate surface area is 160 Å². The molecule has 0 unspecified atom stereocenters. The van der Waals surface area contributed by atoms with Crippen LogP contribution in [0, 0.1) is 5.92 Å². The lowest BCUT2D eigenvalue weighted by atomic mass is 9.86. The summed E-state index contributed by atoms with van der Waals surface area (Å²) in [5, 5.41) is 8.12. The third-order valence-corrected chi connectivity index (χ3v) is 5.74. The molecule has 3 atom stereocenters. The number of hydrogen-bond donors (Lipinski definition) is 3. The van der Waals surface area contributed by atoms with Gasteiger partial charge in [0.15, 0.2) is 0 Å². The van der Waals surface area contributed by atoms with Crippen LogP contribution in [-0.4, -0.2) is 29.8 Å². The molecule has 3 N–H and O–H groups in total. The summed E-state index contributed by atoms with van der Waals surface area (Å²) in [4.78, 5) is 36.6. The van der Waals surface area contributed by atoms with Gasteiger partial charge in [-0.15, -0.1) is 0 Å². The maximum atomic E-state index is 12.4. The van der Waals surface area contributed by atoms with Crippen LogP contribution in [0.4, 0.5) is 5.69 Å². The van der Waals surface area contributed by atoms with Crippen molar-refractivity contribution in [2.45, 2.75) is 70.9 Å². The number of benzene rings is 1. The molecule has 0 bridgehead atoms. The highest BCUT2D eigenvalue weighted by Crippen LogP contribution is 2.25. The molecule has 0 radical (unpaired) electrons. The summed E-state index contributed by atoms with van der Waals surface area (Å²) < 4.78 is 0. The predicted molar refractivity (Wildman–Crippen MR) is 104 cm³/mol. The first-order chi connectivity index (χ1) is 12.9. The van der Waals surface area contributed by atoms with E-state index < -0.39 is 17.9 Å². The van der Waals surface area contributed by atoms with Crippen LogP contribution in [0.2, 0.25) is 0 Å². The van der Waals surface area contributed by atoms with Crippen LogP contribution in [0.5, 0.6) is 0 Å². The van der Waals surface area contributed by atoms with Crippen molar-refractivity contribution >= 4 is 23.4 Å². The first-order valence-corrected chi connectivity index (χ1v) is 9.98. The highest BCUT2D eigenvalue weighted by atomic mass is 16.2. The van der Waals surface area contributed by atoms with Gasteiger partial charge >= 0.3 is 11.8 Å². The Hall–Kier alpha value is -2.37. The minimum Gasteiger partial charge on any atom is -0.345 e. The van der Waals surface area contributed by atoms with Gasteiger partial charge in [0.2, 0.25) is 5.91 Å². The van der Waals surface area contributed by atoms with Gasteiger partial charge in [0, 0.05) is 11.7 Å². The van der Waals surface area contributed by atoms with Crippen LogP contribution in [0.15, 0.2) is 18.2 Å². The van der Waals surface area contributed by atoms with Crippen molar-refractivity contribution in [2.75, 3.05) is 5.32 Å². The van der Waals surface area contributed by atoms with Crippen molar-refractivity contribution in [1.82, 2.24) is 10.6 Å². The summed E-state index contributed by atoms with van der Waals surface area (Å²) >= 11 is 0. The van der Waals surface area contributed by atoms with Crippen molar-refractivity contribution in [2.24, 2.45) is 5.92 Å². The van der Waals surface area contributed by atoms with E-state index in [0.717, 1.165) is 44.2 Å². The van der Waals surface area contributed by atoms with Gasteiger partial charge in [-0.2, -0.15) is 0 Å². The van der Waals surface area contributed by atoms with E-state index in [4.69, 9.17) is 0 Å². The first-order valence-electron chi connectivity index (χ1n) is 9.98. The van der Waals surface area contributed by atoms with Crippen LogP contribution in [-0.2, 0) is 27.2 Å². The van der Waals surface area contributed by atoms with Gasteiger partial charge in [-0.1, -0.05) is 25.8 Å². The second-order valence-corrected chi connectivity index (χ2v) is 7.86. The zero-order valence-electron chi connectivity index (χ0n) is 16.1. The number of carbonyl (C=O) groups is 3. The standard InChI is InChI=1S/C21H29N3O3/c1-13-6-3-4-9-18(13)24-21(27)20(26)22-14(2)19(25)23-17-11-10-15-7-5-8-16(15)12-17/h10-14,18H,3-9H2,1-2H3,(H,22,26)(H,23,25)(H,24,27)/t13-,14+,18-/m1/s1. The average Bonchev–Trinajstić information content (AvgIpc) is 3.11. The fraction of sp³-hybridized carbons (Fsp3) is 0.571. The van der Waals surface area contributed by atoms with Gasteiger partial charge < -0.3 is 16.0 Å². The van der Waals surface area contributed by atoms with Gasteiger partial charge in [0.05, 0.1) is 0 Å². The number of fused-ring (bicyclic) bond motifs is 1. The monoisotopic (exact) mass is 371 g/mol. The molecular formula is C21H29N3O3. The van der Waals surface area contributed by atoms with E-state index in [-0.39, 0.29) is 11.9 Å². The SMILES string of the molecule is C[C@H](NC(=O)C(=O)N[C@@H]1CCCC[C@H]1C)C(=O)Nc1ccc2c(c1)CCC2. The number of nitrogens with one attached hydrogen (secondary N) is 3.